The van der Waals surface area contributed by atoms with Gasteiger partial charge in [-0.15, -0.1) is 0 Å². The van der Waals surface area contributed by atoms with Crippen molar-refractivity contribution >= 4 is 0 Å². The highest BCUT2D eigenvalue weighted by Crippen LogP contribution is 2.38. The monoisotopic (exact) mass is 182 g/mol. The van der Waals surface area contributed by atoms with Gasteiger partial charge in [0, 0.05) is 13.1 Å². The molecule has 1 unspecified atom stereocenters. The molecule has 1 spiro atoms. The molecule has 0 bridgehead atoms. The molecule has 0 aromatic carbocycles. The number of rotatable bonds is 1. The van der Waals surface area contributed by atoms with E-state index < -0.39 is 0 Å². The molecule has 2 rings (SSSR count). The highest BCUT2D eigenvalue weighted by Gasteiger charge is 2.39. The van der Waals surface area contributed by atoms with Gasteiger partial charge in [0.05, 0.1) is 0 Å². The Labute approximate surface area is 81.9 Å². The fourth-order valence-electron chi connectivity index (χ4n) is 3.07. The Bertz CT molecular complexity index is 177. The SMILES string of the molecule is CCN1CCCC2(CCN(C)C2)C1. The van der Waals surface area contributed by atoms with E-state index in [1.165, 1.54) is 52.0 Å². The maximum absolute atomic E-state index is 2.63. The molecule has 13 heavy (non-hydrogen) atoms. The molecular weight excluding hydrogens is 160 g/mol. The second-order valence-corrected chi connectivity index (χ2v) is 4.96. The van der Waals surface area contributed by atoms with Crippen molar-refractivity contribution < 1.29 is 0 Å². The van der Waals surface area contributed by atoms with Crippen molar-refractivity contribution in [3.8, 4) is 0 Å². The van der Waals surface area contributed by atoms with Crippen molar-refractivity contribution in [1.29, 1.82) is 0 Å². The van der Waals surface area contributed by atoms with E-state index in [2.05, 4.69) is 23.8 Å². The number of hydrogen-bond acceptors (Lipinski definition) is 2. The molecule has 76 valence electrons. The van der Waals surface area contributed by atoms with Crippen LogP contribution in [0, 0.1) is 5.41 Å². The van der Waals surface area contributed by atoms with E-state index in [9.17, 15) is 0 Å². The standard InChI is InChI=1S/C11H22N2/c1-3-13-7-4-5-11(10-13)6-8-12(2)9-11/h3-10H2,1-2H3. The zero-order valence-electron chi connectivity index (χ0n) is 9.05. The van der Waals surface area contributed by atoms with Crippen LogP contribution in [0.4, 0.5) is 0 Å². The minimum absolute atomic E-state index is 0.670. The number of likely N-dealkylation sites (tertiary alicyclic amines) is 2. The largest absolute Gasteiger partial charge is 0.306 e. The quantitative estimate of drug-likeness (QED) is 0.605. The first-order valence-corrected chi connectivity index (χ1v) is 5.65. The van der Waals surface area contributed by atoms with E-state index in [1.54, 1.807) is 0 Å². The van der Waals surface area contributed by atoms with Gasteiger partial charge in [-0.05, 0) is 51.4 Å². The lowest BCUT2D eigenvalue weighted by atomic mass is 9.79. The molecule has 0 aromatic rings. The fourth-order valence-corrected chi connectivity index (χ4v) is 3.07. The van der Waals surface area contributed by atoms with Crippen molar-refractivity contribution in [2.75, 3.05) is 39.8 Å². The van der Waals surface area contributed by atoms with Gasteiger partial charge >= 0.3 is 0 Å². The van der Waals surface area contributed by atoms with E-state index in [-0.39, 0.29) is 0 Å². The van der Waals surface area contributed by atoms with E-state index >= 15 is 0 Å². The number of hydrogen-bond donors (Lipinski definition) is 0. The summed E-state index contributed by atoms with van der Waals surface area (Å²) >= 11 is 0. The van der Waals surface area contributed by atoms with Gasteiger partial charge in [0.15, 0.2) is 0 Å². The predicted molar refractivity (Wildman–Crippen MR) is 55.9 cm³/mol. The zero-order valence-corrected chi connectivity index (χ0v) is 9.05. The van der Waals surface area contributed by atoms with Crippen molar-refractivity contribution in [1.82, 2.24) is 9.80 Å². The summed E-state index contributed by atoms with van der Waals surface area (Å²) in [5.74, 6) is 0. The number of nitrogens with zero attached hydrogens (tertiary/aromatic N) is 2. The molecule has 2 heterocycles. The van der Waals surface area contributed by atoms with Crippen LogP contribution in [-0.2, 0) is 0 Å². The second-order valence-electron chi connectivity index (χ2n) is 4.96. The van der Waals surface area contributed by atoms with Gasteiger partial charge in [-0.2, -0.15) is 0 Å². The summed E-state index contributed by atoms with van der Waals surface area (Å²) < 4.78 is 0. The van der Waals surface area contributed by atoms with Crippen LogP contribution in [0.2, 0.25) is 0 Å². The Balaban J connectivity index is 1.98. The Morgan fingerprint density at radius 1 is 1.15 bits per heavy atom. The number of piperidine rings is 1. The summed E-state index contributed by atoms with van der Waals surface area (Å²) in [6.07, 6.45) is 4.32. The summed E-state index contributed by atoms with van der Waals surface area (Å²) in [6.45, 7) is 8.88. The summed E-state index contributed by atoms with van der Waals surface area (Å²) in [4.78, 5) is 5.13. The third-order valence-corrected chi connectivity index (χ3v) is 3.82. The van der Waals surface area contributed by atoms with Crippen LogP contribution in [0.3, 0.4) is 0 Å². The minimum atomic E-state index is 0.670. The maximum Gasteiger partial charge on any atom is 0.00506 e. The molecule has 0 saturated carbocycles. The van der Waals surface area contributed by atoms with Gasteiger partial charge in [-0.1, -0.05) is 6.92 Å². The highest BCUT2D eigenvalue weighted by molar-refractivity contribution is 4.93. The lowest BCUT2D eigenvalue weighted by molar-refractivity contribution is 0.1000. The van der Waals surface area contributed by atoms with Crippen LogP contribution in [0.15, 0.2) is 0 Å². The molecular formula is C11H22N2. The van der Waals surface area contributed by atoms with Crippen molar-refractivity contribution in [3.05, 3.63) is 0 Å². The first kappa shape index (κ1) is 9.47. The van der Waals surface area contributed by atoms with Gasteiger partial charge in [-0.3, -0.25) is 0 Å². The molecule has 0 amide bonds. The van der Waals surface area contributed by atoms with Crippen LogP contribution in [0.25, 0.3) is 0 Å². The van der Waals surface area contributed by atoms with Gasteiger partial charge in [0.25, 0.3) is 0 Å². The second kappa shape index (κ2) is 3.58. The molecule has 0 N–H and O–H groups in total. The van der Waals surface area contributed by atoms with E-state index in [1.807, 2.05) is 0 Å². The van der Waals surface area contributed by atoms with E-state index in [4.69, 9.17) is 0 Å². The van der Waals surface area contributed by atoms with Gasteiger partial charge in [-0.25, -0.2) is 0 Å². The Morgan fingerprint density at radius 2 is 2.00 bits per heavy atom. The highest BCUT2D eigenvalue weighted by atomic mass is 15.2. The topological polar surface area (TPSA) is 6.48 Å². The van der Waals surface area contributed by atoms with Crippen molar-refractivity contribution in [2.45, 2.75) is 26.2 Å². The Morgan fingerprint density at radius 3 is 2.62 bits per heavy atom. The summed E-state index contributed by atoms with van der Waals surface area (Å²) in [6, 6.07) is 0. The third-order valence-electron chi connectivity index (χ3n) is 3.82. The van der Waals surface area contributed by atoms with Crippen LogP contribution < -0.4 is 0 Å². The first-order chi connectivity index (χ1) is 6.24. The molecule has 0 radical (unpaired) electrons. The fraction of sp³-hybridized carbons (Fsp3) is 1.00. The van der Waals surface area contributed by atoms with Gasteiger partial charge < -0.3 is 9.80 Å². The lowest BCUT2D eigenvalue weighted by Gasteiger charge is -2.40. The Kier molecular flexibility index (Phi) is 2.61. The Hall–Kier alpha value is -0.0800. The van der Waals surface area contributed by atoms with Crippen molar-refractivity contribution in [3.63, 3.8) is 0 Å². The molecule has 2 fully saturated rings. The van der Waals surface area contributed by atoms with Crippen LogP contribution in [-0.4, -0.2) is 49.6 Å². The van der Waals surface area contributed by atoms with Crippen LogP contribution in [0.1, 0.15) is 26.2 Å². The lowest BCUT2D eigenvalue weighted by Crippen LogP contribution is -2.44. The van der Waals surface area contributed by atoms with Gasteiger partial charge in [0.1, 0.15) is 0 Å². The maximum atomic E-state index is 2.63. The predicted octanol–water partition coefficient (Wildman–Crippen LogP) is 1.42. The average Bonchev–Trinajstić information content (AvgIpc) is 2.47. The summed E-state index contributed by atoms with van der Waals surface area (Å²) in [7, 11) is 2.26. The molecule has 0 aromatic heterocycles. The molecule has 2 heteroatoms. The smallest absolute Gasteiger partial charge is 0.00506 e. The molecule has 0 aliphatic carbocycles. The van der Waals surface area contributed by atoms with Crippen LogP contribution in [0.5, 0.6) is 0 Å². The van der Waals surface area contributed by atoms with E-state index in [0.717, 1.165) is 0 Å². The van der Waals surface area contributed by atoms with Gasteiger partial charge in [0.2, 0.25) is 0 Å². The normalized spacial score (nSPS) is 37.4. The molecule has 2 nitrogen and oxygen atoms in total. The molecule has 2 aliphatic heterocycles. The first-order valence-electron chi connectivity index (χ1n) is 5.65. The van der Waals surface area contributed by atoms with E-state index in [0.29, 0.717) is 5.41 Å². The summed E-state index contributed by atoms with van der Waals surface area (Å²) in [5.41, 5.74) is 0.670. The van der Waals surface area contributed by atoms with Crippen LogP contribution >= 0.6 is 0 Å². The van der Waals surface area contributed by atoms with Crippen molar-refractivity contribution in [2.24, 2.45) is 5.41 Å². The molecule has 2 aliphatic rings. The average molecular weight is 182 g/mol. The molecule has 1 atom stereocenters. The summed E-state index contributed by atoms with van der Waals surface area (Å²) in [5, 5.41) is 0. The molecule has 2 saturated heterocycles. The minimum Gasteiger partial charge on any atom is -0.306 e. The zero-order chi connectivity index (χ0) is 9.31. The third kappa shape index (κ3) is 1.89.